The lowest BCUT2D eigenvalue weighted by Gasteiger charge is -2.33. The molecular formula is C19H19ClFN3O. The molecule has 4 rings (SSSR count). The molecule has 0 radical (unpaired) electrons. The van der Waals surface area contributed by atoms with Crippen LogP contribution in [0.1, 0.15) is 17.2 Å². The van der Waals surface area contributed by atoms with Gasteiger partial charge >= 0.3 is 0 Å². The number of morpholine rings is 1. The van der Waals surface area contributed by atoms with Crippen LogP contribution in [-0.2, 0) is 18.3 Å². The van der Waals surface area contributed by atoms with Gasteiger partial charge in [-0.3, -0.25) is 4.90 Å². The fourth-order valence-electron chi connectivity index (χ4n) is 3.29. The molecule has 0 N–H and O–H groups in total. The van der Waals surface area contributed by atoms with Gasteiger partial charge in [-0.2, -0.15) is 0 Å². The number of benzene rings is 2. The maximum Gasteiger partial charge on any atom is 0.142 e. The van der Waals surface area contributed by atoms with Crippen LogP contribution in [0, 0.1) is 5.82 Å². The van der Waals surface area contributed by atoms with Gasteiger partial charge in [-0.1, -0.05) is 23.7 Å². The Hall–Kier alpha value is -1.95. The Kier molecular flexibility index (Phi) is 4.46. The highest BCUT2D eigenvalue weighted by Gasteiger charge is 2.23. The van der Waals surface area contributed by atoms with Gasteiger partial charge in [0.25, 0.3) is 0 Å². The normalized spacial score (nSPS) is 18.8. The summed E-state index contributed by atoms with van der Waals surface area (Å²) >= 11 is 5.76. The lowest BCUT2D eigenvalue weighted by molar-refractivity contribution is -0.0329. The molecule has 1 atom stereocenters. The number of ether oxygens (including phenoxy) is 1. The van der Waals surface area contributed by atoms with E-state index in [0.29, 0.717) is 13.2 Å². The van der Waals surface area contributed by atoms with E-state index in [4.69, 9.17) is 16.3 Å². The fraction of sp³-hybridized carbons (Fsp3) is 0.316. The standard InChI is InChI=1S/C19H19ClFN3O/c1-23-12-22-17-5-3-14(9-18(17)23)19-11-24(6-7-25-19)10-13-2-4-15(20)16(21)8-13/h2-5,8-9,12,19H,6-7,10-11H2,1H3. The minimum Gasteiger partial charge on any atom is -0.371 e. The topological polar surface area (TPSA) is 30.3 Å². The molecule has 0 spiro atoms. The van der Waals surface area contributed by atoms with Gasteiger partial charge in [0.2, 0.25) is 0 Å². The number of hydrogen-bond acceptors (Lipinski definition) is 3. The van der Waals surface area contributed by atoms with E-state index in [1.165, 1.54) is 6.07 Å². The zero-order valence-electron chi connectivity index (χ0n) is 14.0. The SMILES string of the molecule is Cn1cnc2ccc(C3CN(Cc4ccc(Cl)c(F)c4)CCO3)cc21. The molecule has 2 heterocycles. The van der Waals surface area contributed by atoms with Crippen molar-refractivity contribution >= 4 is 22.6 Å². The lowest BCUT2D eigenvalue weighted by Crippen LogP contribution is -2.37. The zero-order chi connectivity index (χ0) is 17.4. The van der Waals surface area contributed by atoms with Gasteiger partial charge < -0.3 is 9.30 Å². The third kappa shape index (κ3) is 3.40. The maximum atomic E-state index is 13.6. The van der Waals surface area contributed by atoms with Crippen molar-refractivity contribution in [2.75, 3.05) is 19.7 Å². The molecular weight excluding hydrogens is 341 g/mol. The van der Waals surface area contributed by atoms with E-state index < -0.39 is 0 Å². The minimum atomic E-state index is -0.370. The summed E-state index contributed by atoms with van der Waals surface area (Å²) in [7, 11) is 1.99. The smallest absolute Gasteiger partial charge is 0.142 e. The van der Waals surface area contributed by atoms with Gasteiger partial charge in [-0.05, 0) is 35.4 Å². The Balaban J connectivity index is 1.51. The van der Waals surface area contributed by atoms with Crippen LogP contribution in [0.25, 0.3) is 11.0 Å². The Morgan fingerprint density at radius 3 is 3.00 bits per heavy atom. The number of hydrogen-bond donors (Lipinski definition) is 0. The Labute approximate surface area is 150 Å². The predicted octanol–water partition coefficient (Wildman–Crippen LogP) is 3.94. The molecule has 2 aromatic carbocycles. The Morgan fingerprint density at radius 1 is 1.28 bits per heavy atom. The highest BCUT2D eigenvalue weighted by atomic mass is 35.5. The van der Waals surface area contributed by atoms with Gasteiger partial charge in [0.15, 0.2) is 0 Å². The van der Waals surface area contributed by atoms with Crippen molar-refractivity contribution in [3.05, 3.63) is 64.7 Å². The molecule has 6 heteroatoms. The summed E-state index contributed by atoms with van der Waals surface area (Å²) in [5.74, 6) is -0.370. The molecule has 0 amide bonds. The molecule has 0 bridgehead atoms. The van der Waals surface area contributed by atoms with E-state index >= 15 is 0 Å². The quantitative estimate of drug-likeness (QED) is 0.709. The summed E-state index contributed by atoms with van der Waals surface area (Å²) in [6.45, 7) is 2.94. The van der Waals surface area contributed by atoms with Crippen LogP contribution in [0.15, 0.2) is 42.7 Å². The van der Waals surface area contributed by atoms with Crippen LogP contribution >= 0.6 is 11.6 Å². The van der Waals surface area contributed by atoms with Crippen molar-refractivity contribution in [3.63, 3.8) is 0 Å². The number of aromatic nitrogens is 2. The number of aryl methyl sites for hydroxylation is 1. The zero-order valence-corrected chi connectivity index (χ0v) is 14.7. The molecule has 1 saturated heterocycles. The summed E-state index contributed by atoms with van der Waals surface area (Å²) < 4.78 is 21.6. The highest BCUT2D eigenvalue weighted by molar-refractivity contribution is 6.30. The number of rotatable bonds is 3. The molecule has 1 fully saturated rings. The molecule has 25 heavy (non-hydrogen) atoms. The molecule has 1 aliphatic heterocycles. The van der Waals surface area contributed by atoms with Crippen molar-refractivity contribution < 1.29 is 9.13 Å². The number of imidazole rings is 1. The number of halogens is 2. The highest BCUT2D eigenvalue weighted by Crippen LogP contribution is 2.26. The Morgan fingerprint density at radius 2 is 2.16 bits per heavy atom. The Bertz CT molecular complexity index is 911. The second-order valence-electron chi connectivity index (χ2n) is 6.45. The van der Waals surface area contributed by atoms with E-state index in [9.17, 15) is 4.39 Å². The molecule has 0 aliphatic carbocycles. The van der Waals surface area contributed by atoms with Gasteiger partial charge in [-0.15, -0.1) is 0 Å². The van der Waals surface area contributed by atoms with Crippen LogP contribution in [0.3, 0.4) is 0 Å². The summed E-state index contributed by atoms with van der Waals surface area (Å²) in [6, 6.07) is 11.2. The molecule has 130 valence electrons. The largest absolute Gasteiger partial charge is 0.371 e. The first-order chi connectivity index (χ1) is 12.1. The van der Waals surface area contributed by atoms with Crippen LogP contribution in [0.4, 0.5) is 4.39 Å². The molecule has 3 aromatic rings. The first-order valence-electron chi connectivity index (χ1n) is 8.29. The summed E-state index contributed by atoms with van der Waals surface area (Å²) in [5.41, 5.74) is 4.14. The van der Waals surface area contributed by atoms with Gasteiger partial charge in [0.05, 0.1) is 35.1 Å². The summed E-state index contributed by atoms with van der Waals surface area (Å²) in [4.78, 5) is 6.64. The fourth-order valence-corrected chi connectivity index (χ4v) is 3.40. The second kappa shape index (κ2) is 6.75. The average molecular weight is 360 g/mol. The third-order valence-corrected chi connectivity index (χ3v) is 4.97. The maximum absolute atomic E-state index is 13.6. The minimum absolute atomic E-state index is 0.00481. The van der Waals surface area contributed by atoms with Gasteiger partial charge in [0.1, 0.15) is 5.82 Å². The lowest BCUT2D eigenvalue weighted by atomic mass is 10.1. The molecule has 1 unspecified atom stereocenters. The van der Waals surface area contributed by atoms with Crippen molar-refractivity contribution in [2.24, 2.45) is 7.05 Å². The van der Waals surface area contributed by atoms with E-state index in [0.717, 1.165) is 35.2 Å². The summed E-state index contributed by atoms with van der Waals surface area (Å²) in [5, 5.41) is 0.160. The van der Waals surface area contributed by atoms with E-state index in [1.54, 1.807) is 6.07 Å². The number of nitrogens with zero attached hydrogens (tertiary/aromatic N) is 3. The van der Waals surface area contributed by atoms with Crippen molar-refractivity contribution in [3.8, 4) is 0 Å². The molecule has 1 aromatic heterocycles. The molecule has 4 nitrogen and oxygen atoms in total. The second-order valence-corrected chi connectivity index (χ2v) is 6.85. The van der Waals surface area contributed by atoms with E-state index in [-0.39, 0.29) is 16.9 Å². The van der Waals surface area contributed by atoms with E-state index in [1.807, 2.05) is 30.1 Å². The third-order valence-electron chi connectivity index (χ3n) is 4.66. The summed E-state index contributed by atoms with van der Waals surface area (Å²) in [6.07, 6.45) is 1.82. The van der Waals surface area contributed by atoms with Crippen molar-refractivity contribution in [2.45, 2.75) is 12.6 Å². The van der Waals surface area contributed by atoms with Crippen LogP contribution < -0.4 is 0 Å². The van der Waals surface area contributed by atoms with Crippen LogP contribution in [0.5, 0.6) is 0 Å². The molecule has 0 saturated carbocycles. The van der Waals surface area contributed by atoms with Gasteiger partial charge in [-0.25, -0.2) is 9.37 Å². The first kappa shape index (κ1) is 16.5. The van der Waals surface area contributed by atoms with Crippen molar-refractivity contribution in [1.29, 1.82) is 0 Å². The first-order valence-corrected chi connectivity index (χ1v) is 8.67. The predicted molar refractivity (Wildman–Crippen MR) is 96.1 cm³/mol. The monoisotopic (exact) mass is 359 g/mol. The van der Waals surface area contributed by atoms with Gasteiger partial charge in [0, 0.05) is 26.7 Å². The number of fused-ring (bicyclic) bond motifs is 1. The van der Waals surface area contributed by atoms with Crippen LogP contribution in [-0.4, -0.2) is 34.1 Å². The average Bonchev–Trinajstić information content (AvgIpc) is 2.99. The van der Waals surface area contributed by atoms with Crippen LogP contribution in [0.2, 0.25) is 5.02 Å². The molecule has 1 aliphatic rings. The van der Waals surface area contributed by atoms with E-state index in [2.05, 4.69) is 22.0 Å². The van der Waals surface area contributed by atoms with Crippen molar-refractivity contribution in [1.82, 2.24) is 14.5 Å².